The van der Waals surface area contributed by atoms with E-state index in [0.29, 0.717) is 5.95 Å². The maximum Gasteiger partial charge on any atom is 0.246 e. The fourth-order valence-corrected chi connectivity index (χ4v) is 2.13. The van der Waals surface area contributed by atoms with Crippen molar-refractivity contribution in [1.29, 1.82) is 5.26 Å². The summed E-state index contributed by atoms with van der Waals surface area (Å²) in [6.07, 6.45) is 1.37. The Morgan fingerprint density at radius 3 is 2.83 bits per heavy atom. The lowest BCUT2D eigenvalue weighted by Crippen LogP contribution is -2.37. The first-order valence-corrected chi connectivity index (χ1v) is 5.46. The van der Waals surface area contributed by atoms with Gasteiger partial charge in [0.15, 0.2) is 5.92 Å². The standard InChI is InChI=1S/C12H9N5O/c13-6-9-10(8-4-2-1-3-5-8)17-12(14-7-15-17)16-11(9)18/h1-5,7,9-10H,(H,14,15,16,18). The number of aromatic nitrogens is 3. The maximum absolute atomic E-state index is 11.9. The van der Waals surface area contributed by atoms with Crippen molar-refractivity contribution in [3.05, 3.63) is 42.2 Å². The smallest absolute Gasteiger partial charge is 0.246 e. The topological polar surface area (TPSA) is 83.6 Å². The molecule has 2 heterocycles. The van der Waals surface area contributed by atoms with Gasteiger partial charge in [0.1, 0.15) is 12.4 Å². The van der Waals surface area contributed by atoms with E-state index in [0.717, 1.165) is 5.56 Å². The summed E-state index contributed by atoms with van der Waals surface area (Å²) in [4.78, 5) is 15.8. The number of benzene rings is 1. The Kier molecular flexibility index (Phi) is 2.31. The molecule has 0 bridgehead atoms. The van der Waals surface area contributed by atoms with E-state index >= 15 is 0 Å². The lowest BCUT2D eigenvalue weighted by atomic mass is 9.92. The van der Waals surface area contributed by atoms with Gasteiger partial charge in [-0.3, -0.25) is 10.1 Å². The number of anilines is 1. The summed E-state index contributed by atoms with van der Waals surface area (Å²) >= 11 is 0. The molecule has 6 nitrogen and oxygen atoms in total. The molecule has 0 saturated carbocycles. The number of carbonyl (C=O) groups excluding carboxylic acids is 1. The van der Waals surface area contributed by atoms with Crippen molar-refractivity contribution >= 4 is 11.9 Å². The molecule has 1 N–H and O–H groups in total. The largest absolute Gasteiger partial charge is 0.293 e. The third-order valence-corrected chi connectivity index (χ3v) is 2.95. The Hall–Kier alpha value is -2.68. The van der Waals surface area contributed by atoms with Crippen LogP contribution in [0.2, 0.25) is 0 Å². The molecule has 2 atom stereocenters. The number of nitrogens with one attached hydrogen (secondary N) is 1. The van der Waals surface area contributed by atoms with E-state index in [-0.39, 0.29) is 5.91 Å². The molecule has 1 aliphatic rings. The summed E-state index contributed by atoms with van der Waals surface area (Å²) in [5.74, 6) is -0.770. The van der Waals surface area contributed by atoms with Gasteiger partial charge in [-0.25, -0.2) is 4.68 Å². The molecule has 0 fully saturated rings. The number of fused-ring (bicyclic) bond motifs is 1. The van der Waals surface area contributed by atoms with Crippen molar-refractivity contribution in [2.24, 2.45) is 5.92 Å². The van der Waals surface area contributed by atoms with Gasteiger partial charge in [-0.2, -0.15) is 15.3 Å². The van der Waals surface area contributed by atoms with Crippen LogP contribution in [0.3, 0.4) is 0 Å². The van der Waals surface area contributed by atoms with Crippen LogP contribution in [0.4, 0.5) is 5.95 Å². The quantitative estimate of drug-likeness (QED) is 0.803. The highest BCUT2D eigenvalue weighted by molar-refractivity contribution is 5.94. The van der Waals surface area contributed by atoms with E-state index in [1.54, 1.807) is 4.68 Å². The van der Waals surface area contributed by atoms with Gasteiger partial charge in [0.2, 0.25) is 11.9 Å². The second-order valence-electron chi connectivity index (χ2n) is 3.98. The number of carbonyl (C=O) groups is 1. The highest BCUT2D eigenvalue weighted by atomic mass is 16.2. The molecule has 1 aromatic heterocycles. The van der Waals surface area contributed by atoms with Crippen molar-refractivity contribution in [2.45, 2.75) is 6.04 Å². The van der Waals surface area contributed by atoms with Crippen molar-refractivity contribution < 1.29 is 4.79 Å². The minimum absolute atomic E-state index is 0.341. The van der Waals surface area contributed by atoms with Crippen molar-refractivity contribution in [1.82, 2.24) is 14.8 Å². The van der Waals surface area contributed by atoms with Crippen LogP contribution in [0.15, 0.2) is 36.7 Å². The van der Waals surface area contributed by atoms with Gasteiger partial charge in [0, 0.05) is 0 Å². The van der Waals surface area contributed by atoms with Gasteiger partial charge in [-0.05, 0) is 5.56 Å². The second kappa shape index (κ2) is 3.96. The first kappa shape index (κ1) is 10.5. The van der Waals surface area contributed by atoms with E-state index in [4.69, 9.17) is 0 Å². The summed E-state index contributed by atoms with van der Waals surface area (Å²) in [7, 11) is 0. The van der Waals surface area contributed by atoms with Crippen LogP contribution in [-0.2, 0) is 4.79 Å². The van der Waals surface area contributed by atoms with Crippen molar-refractivity contribution in [3.63, 3.8) is 0 Å². The zero-order valence-corrected chi connectivity index (χ0v) is 9.32. The van der Waals surface area contributed by atoms with E-state index in [1.165, 1.54) is 6.33 Å². The Morgan fingerprint density at radius 2 is 2.11 bits per heavy atom. The zero-order chi connectivity index (χ0) is 12.5. The predicted molar refractivity (Wildman–Crippen MR) is 62.3 cm³/mol. The van der Waals surface area contributed by atoms with Crippen LogP contribution in [0, 0.1) is 17.2 Å². The molecule has 3 rings (SSSR count). The fraction of sp³-hybridized carbons (Fsp3) is 0.167. The molecule has 2 aromatic rings. The molecule has 88 valence electrons. The van der Waals surface area contributed by atoms with Crippen LogP contribution in [-0.4, -0.2) is 20.7 Å². The minimum atomic E-state index is -0.804. The first-order chi connectivity index (χ1) is 8.81. The highest BCUT2D eigenvalue weighted by Crippen LogP contribution is 2.32. The number of nitrogens with zero attached hydrogens (tertiary/aromatic N) is 4. The molecule has 0 radical (unpaired) electrons. The van der Waals surface area contributed by atoms with Crippen LogP contribution in [0.5, 0.6) is 0 Å². The van der Waals surface area contributed by atoms with Gasteiger partial charge in [-0.1, -0.05) is 30.3 Å². The summed E-state index contributed by atoms with van der Waals surface area (Å²) in [5, 5.41) is 15.8. The summed E-state index contributed by atoms with van der Waals surface area (Å²) in [6.45, 7) is 0. The van der Waals surface area contributed by atoms with Crippen LogP contribution in [0.25, 0.3) is 0 Å². The van der Waals surface area contributed by atoms with Crippen molar-refractivity contribution in [2.75, 3.05) is 5.32 Å². The second-order valence-corrected chi connectivity index (χ2v) is 3.98. The number of rotatable bonds is 1. The third kappa shape index (κ3) is 1.45. The lowest BCUT2D eigenvalue weighted by molar-refractivity contribution is -0.119. The zero-order valence-electron chi connectivity index (χ0n) is 9.32. The average Bonchev–Trinajstić information content (AvgIpc) is 2.85. The highest BCUT2D eigenvalue weighted by Gasteiger charge is 2.38. The number of nitriles is 1. The lowest BCUT2D eigenvalue weighted by Gasteiger charge is -2.27. The Morgan fingerprint density at radius 1 is 1.33 bits per heavy atom. The molecule has 2 unspecified atom stereocenters. The van der Waals surface area contributed by atoms with Gasteiger partial charge in [0.05, 0.1) is 6.07 Å². The maximum atomic E-state index is 11.9. The molecular weight excluding hydrogens is 230 g/mol. The first-order valence-electron chi connectivity index (χ1n) is 5.46. The Bertz CT molecular complexity index is 627. The molecule has 18 heavy (non-hydrogen) atoms. The molecule has 0 aliphatic carbocycles. The third-order valence-electron chi connectivity index (χ3n) is 2.95. The Labute approximate surface area is 103 Å². The van der Waals surface area contributed by atoms with E-state index in [1.807, 2.05) is 36.4 Å². The van der Waals surface area contributed by atoms with Gasteiger partial charge in [0.25, 0.3) is 0 Å². The van der Waals surface area contributed by atoms with Gasteiger partial charge in [-0.15, -0.1) is 0 Å². The average molecular weight is 239 g/mol. The van der Waals surface area contributed by atoms with Crippen LogP contribution >= 0.6 is 0 Å². The fourth-order valence-electron chi connectivity index (χ4n) is 2.13. The predicted octanol–water partition coefficient (Wildman–Crippen LogP) is 0.959. The van der Waals surface area contributed by atoms with E-state index < -0.39 is 12.0 Å². The van der Waals surface area contributed by atoms with Crippen LogP contribution < -0.4 is 5.32 Å². The Balaban J connectivity index is 2.16. The van der Waals surface area contributed by atoms with Crippen molar-refractivity contribution in [3.8, 4) is 6.07 Å². The molecule has 6 heteroatoms. The summed E-state index contributed by atoms with van der Waals surface area (Å²) < 4.78 is 1.57. The van der Waals surface area contributed by atoms with E-state index in [2.05, 4.69) is 15.4 Å². The number of hydrogen-bond donors (Lipinski definition) is 1. The van der Waals surface area contributed by atoms with Crippen LogP contribution in [0.1, 0.15) is 11.6 Å². The molecule has 1 amide bonds. The summed E-state index contributed by atoms with van der Waals surface area (Å²) in [5.41, 5.74) is 0.866. The monoisotopic (exact) mass is 239 g/mol. The van der Waals surface area contributed by atoms with Gasteiger partial charge < -0.3 is 0 Å². The minimum Gasteiger partial charge on any atom is -0.293 e. The molecular formula is C12H9N5O. The normalized spacial score (nSPS) is 21.8. The summed E-state index contributed by atoms with van der Waals surface area (Å²) in [6, 6.07) is 11.0. The number of amides is 1. The van der Waals surface area contributed by atoms with Gasteiger partial charge >= 0.3 is 0 Å². The number of hydrogen-bond acceptors (Lipinski definition) is 4. The molecule has 1 aliphatic heterocycles. The van der Waals surface area contributed by atoms with E-state index in [9.17, 15) is 10.1 Å². The SMILES string of the molecule is N#CC1C(=O)Nc2ncnn2C1c1ccccc1. The molecule has 0 spiro atoms. The molecule has 1 aromatic carbocycles. The molecule has 0 saturated heterocycles.